The smallest absolute Gasteiger partial charge is 0.267 e. The highest BCUT2D eigenvalue weighted by atomic mass is 32.2. The number of hydrogen-bond acceptors (Lipinski definition) is 7. The van der Waals surface area contributed by atoms with Gasteiger partial charge in [-0.15, -0.1) is 0 Å². The van der Waals surface area contributed by atoms with Crippen LogP contribution in [0, 0.1) is 17.6 Å². The number of aliphatic hydroxyl groups is 1. The zero-order valence-corrected chi connectivity index (χ0v) is 18.3. The van der Waals surface area contributed by atoms with E-state index in [0.717, 1.165) is 19.1 Å². The van der Waals surface area contributed by atoms with Crippen LogP contribution in [0.5, 0.6) is 5.75 Å². The molecular weight excluding hydrogens is 422 g/mol. The number of benzene rings is 1. The highest BCUT2D eigenvalue weighted by Gasteiger charge is 2.29. The van der Waals surface area contributed by atoms with Crippen LogP contribution in [0.1, 0.15) is 44.0 Å². The maximum absolute atomic E-state index is 14.3. The van der Waals surface area contributed by atoms with Crippen LogP contribution in [0.3, 0.4) is 0 Å². The van der Waals surface area contributed by atoms with Crippen molar-refractivity contribution < 1.29 is 36.6 Å². The topological polar surface area (TPSA) is 105 Å². The molecule has 0 radical (unpaired) electrons. The Morgan fingerprint density at radius 1 is 1.33 bits per heavy atom. The second kappa shape index (κ2) is 9.54. The molecule has 2 atom stereocenters. The zero-order chi connectivity index (χ0) is 22.7. The lowest BCUT2D eigenvalue weighted by atomic mass is 9.99. The fraction of sp³-hybridized carbons (Fsp3) is 0.632. The van der Waals surface area contributed by atoms with Crippen LogP contribution in [0.15, 0.2) is 12.1 Å². The molecule has 2 N–H and O–H groups in total. The number of aliphatic hydroxyl groups excluding tert-OH is 1. The van der Waals surface area contributed by atoms with Crippen LogP contribution < -0.4 is 9.46 Å². The van der Waals surface area contributed by atoms with Gasteiger partial charge in [0.2, 0.25) is 16.4 Å². The summed E-state index contributed by atoms with van der Waals surface area (Å²) in [5, 5.41) is 10.2. The van der Waals surface area contributed by atoms with E-state index in [2.05, 4.69) is 0 Å². The molecule has 0 aromatic heterocycles. The van der Waals surface area contributed by atoms with E-state index in [4.69, 9.17) is 9.47 Å². The van der Waals surface area contributed by atoms with Gasteiger partial charge in [-0.2, -0.15) is 0 Å². The van der Waals surface area contributed by atoms with Gasteiger partial charge in [-0.05, 0) is 39.7 Å². The van der Waals surface area contributed by atoms with E-state index in [1.165, 1.54) is 0 Å². The van der Waals surface area contributed by atoms with Crippen molar-refractivity contribution in [3.8, 4) is 5.75 Å². The summed E-state index contributed by atoms with van der Waals surface area (Å²) in [7, 11) is -3.92. The number of sulfonamides is 1. The molecule has 1 aliphatic heterocycles. The number of carbonyl (C=O) groups is 1. The van der Waals surface area contributed by atoms with Crippen LogP contribution in [0.2, 0.25) is 0 Å². The van der Waals surface area contributed by atoms with Crippen molar-refractivity contribution in [2.45, 2.75) is 45.6 Å². The molecule has 0 saturated carbocycles. The summed E-state index contributed by atoms with van der Waals surface area (Å²) in [5.41, 5.74) is -1.26. The van der Waals surface area contributed by atoms with Crippen LogP contribution in [-0.4, -0.2) is 62.3 Å². The molecule has 1 saturated heterocycles. The predicted molar refractivity (Wildman–Crippen MR) is 105 cm³/mol. The number of nitrogens with zero attached hydrogens (tertiary/aromatic N) is 1. The largest absolute Gasteiger partial charge is 0.490 e. The molecule has 2 rings (SSSR count). The van der Waals surface area contributed by atoms with Crippen molar-refractivity contribution in [1.82, 2.24) is 9.62 Å². The summed E-state index contributed by atoms with van der Waals surface area (Å²) in [4.78, 5) is 13.5. The van der Waals surface area contributed by atoms with Crippen molar-refractivity contribution in [3.05, 3.63) is 29.3 Å². The molecule has 8 nitrogen and oxygen atoms in total. The molecule has 0 bridgehead atoms. The molecule has 1 aromatic carbocycles. The Bertz CT molecular complexity index is 873. The number of halogens is 2. The van der Waals surface area contributed by atoms with Crippen molar-refractivity contribution >= 4 is 15.9 Å². The molecule has 1 heterocycles. The van der Waals surface area contributed by atoms with Gasteiger partial charge in [0.15, 0.2) is 11.6 Å². The van der Waals surface area contributed by atoms with Gasteiger partial charge in [0.05, 0.1) is 24.0 Å². The summed E-state index contributed by atoms with van der Waals surface area (Å²) in [6.07, 6.45) is 1.21. The van der Waals surface area contributed by atoms with E-state index in [1.54, 1.807) is 9.62 Å². The average molecular weight is 451 g/mol. The average Bonchev–Trinajstić information content (AvgIpc) is 2.59. The molecule has 1 fully saturated rings. The van der Waals surface area contributed by atoms with E-state index in [0.29, 0.717) is 25.2 Å². The Morgan fingerprint density at radius 2 is 2.00 bits per heavy atom. The minimum atomic E-state index is -3.92. The second-order valence-corrected chi connectivity index (χ2v) is 10.1. The second-order valence-electron chi connectivity index (χ2n) is 8.34. The van der Waals surface area contributed by atoms with Gasteiger partial charge in [0.25, 0.3) is 5.91 Å². The quantitative estimate of drug-likeness (QED) is 0.611. The van der Waals surface area contributed by atoms with E-state index in [-0.39, 0.29) is 18.3 Å². The monoisotopic (exact) mass is 450 g/mol. The Balaban J connectivity index is 2.00. The molecule has 30 heavy (non-hydrogen) atoms. The summed E-state index contributed by atoms with van der Waals surface area (Å²) in [5.74, 6) is -3.79. The van der Waals surface area contributed by atoms with E-state index in [1.807, 2.05) is 20.8 Å². The van der Waals surface area contributed by atoms with Crippen molar-refractivity contribution in [2.24, 2.45) is 5.92 Å². The predicted octanol–water partition coefficient (Wildman–Crippen LogP) is 1.84. The number of amides is 1. The highest BCUT2D eigenvalue weighted by Crippen LogP contribution is 2.25. The van der Waals surface area contributed by atoms with Crippen LogP contribution >= 0.6 is 0 Å². The lowest BCUT2D eigenvalue weighted by molar-refractivity contribution is -0.245. The van der Waals surface area contributed by atoms with Gasteiger partial charge in [-0.3, -0.25) is 9.69 Å². The lowest BCUT2D eigenvalue weighted by Gasteiger charge is -2.37. The summed E-state index contributed by atoms with van der Waals surface area (Å²) < 4.78 is 63.2. The number of piperidine rings is 1. The van der Waals surface area contributed by atoms with Crippen molar-refractivity contribution in [3.63, 3.8) is 0 Å². The number of likely N-dealkylation sites (tertiary alicyclic amines) is 1. The normalized spacial score (nSPS) is 19.4. The number of rotatable bonds is 7. The van der Waals surface area contributed by atoms with Crippen LogP contribution in [0.25, 0.3) is 0 Å². The Labute approximate surface area is 175 Å². The minimum absolute atomic E-state index is 0.0485. The Hall–Kier alpha value is -1.82. The maximum atomic E-state index is 14.3. The lowest BCUT2D eigenvalue weighted by Crippen LogP contribution is -2.47. The van der Waals surface area contributed by atoms with Gasteiger partial charge in [-0.25, -0.2) is 21.9 Å². The van der Waals surface area contributed by atoms with Crippen molar-refractivity contribution in [2.75, 3.05) is 26.0 Å². The third kappa shape index (κ3) is 7.46. The van der Waals surface area contributed by atoms with Gasteiger partial charge >= 0.3 is 0 Å². The maximum Gasteiger partial charge on any atom is 0.267 e. The van der Waals surface area contributed by atoms with Crippen molar-refractivity contribution in [1.29, 1.82) is 0 Å². The summed E-state index contributed by atoms with van der Waals surface area (Å²) in [6, 6.07) is 1.31. The van der Waals surface area contributed by atoms with Gasteiger partial charge < -0.3 is 14.6 Å². The first-order valence-electron chi connectivity index (χ1n) is 9.49. The van der Waals surface area contributed by atoms with Gasteiger partial charge in [0.1, 0.15) is 5.82 Å². The molecule has 0 aliphatic carbocycles. The fourth-order valence-electron chi connectivity index (χ4n) is 3.07. The standard InChI is InChI=1S/C19H28F2N2O6S/c1-19(2,3)29-18(25)23-7-5-6-12(10-23)11-28-16-9-14(20)13(8-15(16)21)17(24)22-30(4,26)27/h8-9,12,18,25H,5-7,10-11H2,1-4H3,(H,22,24). The first kappa shape index (κ1) is 24.4. The van der Waals surface area contributed by atoms with Crippen LogP contribution in [0.4, 0.5) is 8.78 Å². The van der Waals surface area contributed by atoms with E-state index >= 15 is 0 Å². The minimum Gasteiger partial charge on any atom is -0.490 e. The molecule has 1 aromatic rings. The first-order chi connectivity index (χ1) is 13.7. The fourth-order valence-corrected chi connectivity index (χ4v) is 3.52. The third-order valence-electron chi connectivity index (χ3n) is 4.34. The Kier molecular flexibility index (Phi) is 7.78. The molecule has 1 aliphatic rings. The van der Waals surface area contributed by atoms with E-state index in [9.17, 15) is 27.1 Å². The highest BCUT2D eigenvalue weighted by molar-refractivity contribution is 7.89. The molecule has 0 spiro atoms. The first-order valence-corrected chi connectivity index (χ1v) is 11.4. The third-order valence-corrected chi connectivity index (χ3v) is 4.90. The number of nitrogens with one attached hydrogen (secondary N) is 1. The Morgan fingerprint density at radius 3 is 2.60 bits per heavy atom. The van der Waals surface area contributed by atoms with E-state index < -0.39 is 45.1 Å². The molecule has 11 heteroatoms. The SMILES string of the molecule is CC(C)(C)OC(O)N1CCCC(COc2cc(F)c(C(=O)NS(C)(=O)=O)cc2F)C1. The molecule has 1 amide bonds. The number of ether oxygens (including phenoxy) is 2. The zero-order valence-electron chi connectivity index (χ0n) is 17.4. The van der Waals surface area contributed by atoms with Gasteiger partial charge in [-0.1, -0.05) is 0 Å². The molecule has 2 unspecified atom stereocenters. The summed E-state index contributed by atoms with van der Waals surface area (Å²) in [6.45, 7) is 6.66. The van der Waals surface area contributed by atoms with Gasteiger partial charge in [0, 0.05) is 25.1 Å². The number of carbonyl (C=O) groups excluding carboxylic acids is 1. The van der Waals surface area contributed by atoms with Crippen LogP contribution in [-0.2, 0) is 14.8 Å². The molecular formula is C19H28F2N2O6S. The summed E-state index contributed by atoms with van der Waals surface area (Å²) >= 11 is 0. The number of hydrogen-bond donors (Lipinski definition) is 2. The molecule has 170 valence electrons.